The van der Waals surface area contributed by atoms with E-state index in [1.54, 1.807) is 6.07 Å². The van der Waals surface area contributed by atoms with Gasteiger partial charge in [0.1, 0.15) is 5.75 Å². The minimum Gasteiger partial charge on any atom is -1.00 e. The van der Waals surface area contributed by atoms with Crippen molar-refractivity contribution in [1.29, 1.82) is 0 Å². The standard InChI is InChI=1S/C10H14O.Li.H/c1-10(2,3)8-6-4-5-7-9(8)11;;/h4-7,11H,1-3H3;;/q;+1;-1. The van der Waals surface area contributed by atoms with Crippen molar-refractivity contribution < 1.29 is 25.4 Å². The Balaban J connectivity index is 0. The first-order chi connectivity index (χ1) is 5.02. The first kappa shape index (κ1) is 11.6. The average Bonchev–Trinajstić information content (AvgIpc) is 1.86. The fourth-order valence-electron chi connectivity index (χ4n) is 1.11. The van der Waals surface area contributed by atoms with E-state index in [9.17, 15) is 5.11 Å². The van der Waals surface area contributed by atoms with Crippen molar-refractivity contribution in [3.8, 4) is 5.75 Å². The van der Waals surface area contributed by atoms with Crippen LogP contribution in [0.15, 0.2) is 24.3 Å². The molecule has 0 saturated heterocycles. The van der Waals surface area contributed by atoms with Crippen LogP contribution in [0.25, 0.3) is 0 Å². The summed E-state index contributed by atoms with van der Waals surface area (Å²) in [6, 6.07) is 7.46. The second kappa shape index (κ2) is 4.03. The van der Waals surface area contributed by atoms with Crippen molar-refractivity contribution in [2.75, 3.05) is 0 Å². The Labute approximate surface area is 87.5 Å². The molecule has 0 heterocycles. The molecule has 12 heavy (non-hydrogen) atoms. The van der Waals surface area contributed by atoms with Gasteiger partial charge in [0, 0.05) is 0 Å². The van der Waals surface area contributed by atoms with Crippen molar-refractivity contribution in [3.63, 3.8) is 0 Å². The molecule has 1 N–H and O–H groups in total. The van der Waals surface area contributed by atoms with Crippen LogP contribution in [0, 0.1) is 0 Å². The van der Waals surface area contributed by atoms with Crippen LogP contribution < -0.4 is 18.9 Å². The van der Waals surface area contributed by atoms with Crippen LogP contribution >= 0.6 is 0 Å². The molecule has 0 saturated carbocycles. The third-order valence-corrected chi connectivity index (χ3v) is 1.71. The van der Waals surface area contributed by atoms with Crippen molar-refractivity contribution in [2.24, 2.45) is 0 Å². The summed E-state index contributed by atoms with van der Waals surface area (Å²) in [6.45, 7) is 6.26. The fraction of sp³-hybridized carbons (Fsp3) is 0.400. The summed E-state index contributed by atoms with van der Waals surface area (Å²) in [5.74, 6) is 0.389. The Hall–Kier alpha value is -0.383. The molecule has 0 bridgehead atoms. The Morgan fingerprint density at radius 3 is 2.00 bits per heavy atom. The van der Waals surface area contributed by atoms with Crippen LogP contribution in [0.1, 0.15) is 27.8 Å². The van der Waals surface area contributed by atoms with E-state index in [0.29, 0.717) is 5.75 Å². The molecule has 1 nitrogen and oxygen atoms in total. The fourth-order valence-corrected chi connectivity index (χ4v) is 1.11. The minimum atomic E-state index is 0. The maximum absolute atomic E-state index is 9.45. The van der Waals surface area contributed by atoms with Crippen LogP contribution in [0.2, 0.25) is 0 Å². The smallest absolute Gasteiger partial charge is 1.00 e. The molecular weight excluding hydrogens is 143 g/mol. The van der Waals surface area contributed by atoms with Crippen molar-refractivity contribution in [1.82, 2.24) is 0 Å². The van der Waals surface area contributed by atoms with Crippen LogP contribution in [0.4, 0.5) is 0 Å². The van der Waals surface area contributed by atoms with Gasteiger partial charge in [-0.05, 0) is 17.0 Å². The number of phenols is 1. The number of benzene rings is 1. The van der Waals surface area contributed by atoms with Crippen LogP contribution in [-0.4, -0.2) is 5.11 Å². The molecule has 0 aliphatic carbocycles. The molecule has 0 aliphatic heterocycles. The third kappa shape index (κ3) is 2.59. The second-order valence-corrected chi connectivity index (χ2v) is 3.77. The van der Waals surface area contributed by atoms with E-state index in [4.69, 9.17) is 0 Å². The molecule has 0 unspecified atom stereocenters. The monoisotopic (exact) mass is 158 g/mol. The maximum atomic E-state index is 9.45. The van der Waals surface area contributed by atoms with Crippen LogP contribution in [0.5, 0.6) is 5.75 Å². The third-order valence-electron chi connectivity index (χ3n) is 1.71. The summed E-state index contributed by atoms with van der Waals surface area (Å²) in [5, 5.41) is 9.45. The van der Waals surface area contributed by atoms with Gasteiger partial charge in [-0.2, -0.15) is 0 Å². The molecule has 62 valence electrons. The van der Waals surface area contributed by atoms with Gasteiger partial charge in [0.15, 0.2) is 0 Å². The SMILES string of the molecule is CC(C)(C)c1ccccc1O.[H-].[Li+]. The molecule has 0 aromatic heterocycles. The topological polar surface area (TPSA) is 20.2 Å². The Kier molecular flexibility index (Phi) is 3.90. The van der Waals surface area contributed by atoms with Gasteiger partial charge in [0.2, 0.25) is 0 Å². The van der Waals surface area contributed by atoms with E-state index in [-0.39, 0.29) is 25.7 Å². The number of phenolic OH excluding ortho intramolecular Hbond substituents is 1. The summed E-state index contributed by atoms with van der Waals surface area (Å²) in [5.41, 5.74) is 1.03. The summed E-state index contributed by atoms with van der Waals surface area (Å²) >= 11 is 0. The number of hydrogen-bond acceptors (Lipinski definition) is 1. The van der Waals surface area contributed by atoms with E-state index in [1.807, 2.05) is 18.2 Å². The van der Waals surface area contributed by atoms with Gasteiger partial charge in [0.25, 0.3) is 0 Å². The zero-order valence-corrected chi connectivity index (χ0v) is 8.26. The van der Waals surface area contributed by atoms with E-state index < -0.39 is 0 Å². The van der Waals surface area contributed by atoms with Crippen LogP contribution in [0.3, 0.4) is 0 Å². The summed E-state index contributed by atoms with van der Waals surface area (Å²) in [4.78, 5) is 0. The Bertz CT molecular complexity index is 255. The number of aromatic hydroxyl groups is 1. The Morgan fingerprint density at radius 1 is 1.17 bits per heavy atom. The molecule has 1 aromatic carbocycles. The number of para-hydroxylation sites is 1. The molecular formula is C10H15LiO. The van der Waals surface area contributed by atoms with E-state index in [1.165, 1.54) is 0 Å². The van der Waals surface area contributed by atoms with Gasteiger partial charge in [-0.3, -0.25) is 0 Å². The van der Waals surface area contributed by atoms with E-state index >= 15 is 0 Å². The van der Waals surface area contributed by atoms with Gasteiger partial charge in [-0.25, -0.2) is 0 Å². The maximum Gasteiger partial charge on any atom is 1.00 e. The zero-order valence-electron chi connectivity index (χ0n) is 9.26. The molecule has 0 radical (unpaired) electrons. The number of rotatable bonds is 0. The first-order valence-electron chi connectivity index (χ1n) is 3.80. The van der Waals surface area contributed by atoms with Crippen molar-refractivity contribution >= 4 is 0 Å². The quantitative estimate of drug-likeness (QED) is 0.519. The van der Waals surface area contributed by atoms with Gasteiger partial charge in [-0.15, -0.1) is 0 Å². The molecule has 0 spiro atoms. The largest absolute Gasteiger partial charge is 1.00 e. The molecule has 1 rings (SSSR count). The van der Waals surface area contributed by atoms with E-state index in [2.05, 4.69) is 20.8 Å². The van der Waals surface area contributed by atoms with Gasteiger partial charge >= 0.3 is 18.9 Å². The second-order valence-electron chi connectivity index (χ2n) is 3.77. The van der Waals surface area contributed by atoms with Crippen molar-refractivity contribution in [3.05, 3.63) is 29.8 Å². The summed E-state index contributed by atoms with van der Waals surface area (Å²) in [7, 11) is 0. The van der Waals surface area contributed by atoms with Crippen LogP contribution in [-0.2, 0) is 5.41 Å². The van der Waals surface area contributed by atoms with Gasteiger partial charge < -0.3 is 6.53 Å². The molecule has 0 atom stereocenters. The molecule has 0 fully saturated rings. The zero-order chi connectivity index (χ0) is 8.48. The minimum absolute atomic E-state index is 0. The average molecular weight is 158 g/mol. The summed E-state index contributed by atoms with van der Waals surface area (Å²) < 4.78 is 0. The number of hydrogen-bond donors (Lipinski definition) is 1. The van der Waals surface area contributed by atoms with Gasteiger partial charge in [-0.1, -0.05) is 39.0 Å². The first-order valence-corrected chi connectivity index (χ1v) is 3.80. The molecule has 0 amide bonds. The molecule has 0 aliphatic rings. The normalized spacial score (nSPS) is 10.6. The van der Waals surface area contributed by atoms with Gasteiger partial charge in [0.05, 0.1) is 0 Å². The molecule has 1 aromatic rings. The predicted molar refractivity (Wildman–Crippen MR) is 47.9 cm³/mol. The van der Waals surface area contributed by atoms with Crippen molar-refractivity contribution in [2.45, 2.75) is 26.2 Å². The van der Waals surface area contributed by atoms with E-state index in [0.717, 1.165) is 5.56 Å². The Morgan fingerprint density at radius 2 is 1.67 bits per heavy atom. The summed E-state index contributed by atoms with van der Waals surface area (Å²) in [6.07, 6.45) is 0. The molecule has 2 heteroatoms. The predicted octanol–water partition coefficient (Wildman–Crippen LogP) is -0.194.